The molecular weight excluding hydrogens is 272 g/mol. The molecule has 1 saturated heterocycles. The number of esters is 1. The number of piperidine rings is 1. The maximum absolute atomic E-state index is 11.9. The topological polar surface area (TPSA) is 78.3 Å². The minimum Gasteiger partial charge on any atom is -0.464 e. The molecular formula is C14H24N4O3. The van der Waals surface area contributed by atoms with E-state index in [2.05, 4.69) is 22.6 Å². The van der Waals surface area contributed by atoms with Gasteiger partial charge in [-0.05, 0) is 32.4 Å². The lowest BCUT2D eigenvalue weighted by Gasteiger charge is -2.23. The van der Waals surface area contributed by atoms with E-state index < -0.39 is 5.97 Å². The zero-order chi connectivity index (χ0) is 15.1. The zero-order valence-corrected chi connectivity index (χ0v) is 12.8. The molecule has 1 aromatic rings. The Labute approximate surface area is 125 Å². The van der Waals surface area contributed by atoms with Crippen molar-refractivity contribution in [3.05, 3.63) is 11.4 Å². The molecule has 1 aliphatic heterocycles. The number of rotatable bonds is 7. The Kier molecular flexibility index (Phi) is 6.13. The highest BCUT2D eigenvalue weighted by molar-refractivity contribution is 5.88. The van der Waals surface area contributed by atoms with E-state index in [0.29, 0.717) is 24.8 Å². The molecule has 0 atom stereocenters. The number of hydrogen-bond donors (Lipinski definition) is 1. The number of methoxy groups -OCH3 is 1. The van der Waals surface area contributed by atoms with Gasteiger partial charge in [0.2, 0.25) is 0 Å². The molecule has 0 bridgehead atoms. The Hall–Kier alpha value is -1.47. The summed E-state index contributed by atoms with van der Waals surface area (Å²) in [5, 5.41) is 11.5. The highest BCUT2D eigenvalue weighted by Crippen LogP contribution is 2.27. The van der Waals surface area contributed by atoms with Gasteiger partial charge in [-0.25, -0.2) is 9.48 Å². The standard InChI is InChI=1S/C14H24N4O3/c1-3-9-21-10-8-18-13(11-4-6-15-7-5-11)12(16-17-18)14(19)20-2/h11,15H,3-10H2,1-2H3. The largest absolute Gasteiger partial charge is 0.464 e. The second-order valence-electron chi connectivity index (χ2n) is 5.17. The minimum absolute atomic E-state index is 0.293. The average molecular weight is 296 g/mol. The molecule has 2 heterocycles. The summed E-state index contributed by atoms with van der Waals surface area (Å²) in [5.74, 6) is -0.120. The van der Waals surface area contributed by atoms with E-state index in [-0.39, 0.29) is 0 Å². The molecule has 1 N–H and O–H groups in total. The fourth-order valence-corrected chi connectivity index (χ4v) is 2.62. The molecule has 0 amide bonds. The molecule has 0 unspecified atom stereocenters. The quantitative estimate of drug-likeness (QED) is 0.596. The molecule has 21 heavy (non-hydrogen) atoms. The Balaban J connectivity index is 2.14. The van der Waals surface area contributed by atoms with E-state index in [0.717, 1.165) is 44.7 Å². The van der Waals surface area contributed by atoms with Crippen LogP contribution in [0.15, 0.2) is 0 Å². The highest BCUT2D eigenvalue weighted by Gasteiger charge is 2.28. The van der Waals surface area contributed by atoms with Gasteiger partial charge in [0.15, 0.2) is 5.69 Å². The van der Waals surface area contributed by atoms with Gasteiger partial charge in [0.25, 0.3) is 0 Å². The number of nitrogens with one attached hydrogen (secondary N) is 1. The number of hydrogen-bond acceptors (Lipinski definition) is 6. The van der Waals surface area contributed by atoms with Crippen LogP contribution in [-0.2, 0) is 16.0 Å². The zero-order valence-electron chi connectivity index (χ0n) is 12.8. The molecule has 2 rings (SSSR count). The summed E-state index contributed by atoms with van der Waals surface area (Å²) >= 11 is 0. The van der Waals surface area contributed by atoms with E-state index in [1.165, 1.54) is 7.11 Å². The van der Waals surface area contributed by atoms with Crippen molar-refractivity contribution in [2.24, 2.45) is 0 Å². The van der Waals surface area contributed by atoms with Crippen LogP contribution in [-0.4, -0.2) is 54.4 Å². The summed E-state index contributed by atoms with van der Waals surface area (Å²) in [4.78, 5) is 11.9. The molecule has 1 aliphatic rings. The Morgan fingerprint density at radius 1 is 1.38 bits per heavy atom. The van der Waals surface area contributed by atoms with Gasteiger partial charge >= 0.3 is 5.97 Å². The molecule has 0 spiro atoms. The van der Waals surface area contributed by atoms with E-state index in [4.69, 9.17) is 9.47 Å². The van der Waals surface area contributed by atoms with Crippen LogP contribution < -0.4 is 5.32 Å². The molecule has 1 fully saturated rings. The molecule has 7 nitrogen and oxygen atoms in total. The van der Waals surface area contributed by atoms with Gasteiger partial charge in [0.05, 0.1) is 26.0 Å². The van der Waals surface area contributed by atoms with Crippen molar-refractivity contribution in [2.45, 2.75) is 38.6 Å². The van der Waals surface area contributed by atoms with E-state index in [1.54, 1.807) is 4.68 Å². The second-order valence-corrected chi connectivity index (χ2v) is 5.17. The van der Waals surface area contributed by atoms with Gasteiger partial charge in [-0.2, -0.15) is 0 Å². The van der Waals surface area contributed by atoms with Crippen LogP contribution in [0, 0.1) is 0 Å². The Bertz CT molecular complexity index is 455. The first-order valence-electron chi connectivity index (χ1n) is 7.58. The van der Waals surface area contributed by atoms with Gasteiger partial charge in [0, 0.05) is 12.5 Å². The summed E-state index contributed by atoms with van der Waals surface area (Å²) in [5.41, 5.74) is 1.24. The normalized spacial score (nSPS) is 16.1. The van der Waals surface area contributed by atoms with Gasteiger partial charge in [-0.3, -0.25) is 0 Å². The van der Waals surface area contributed by atoms with Gasteiger partial charge in [0.1, 0.15) is 0 Å². The SMILES string of the molecule is CCCOCCn1nnc(C(=O)OC)c1C1CCNCC1. The molecule has 7 heteroatoms. The third-order valence-corrected chi connectivity index (χ3v) is 3.67. The fraction of sp³-hybridized carbons (Fsp3) is 0.786. The van der Waals surface area contributed by atoms with E-state index in [9.17, 15) is 4.79 Å². The summed E-state index contributed by atoms with van der Waals surface area (Å²) in [6.45, 7) is 5.90. The number of carbonyl (C=O) groups excluding carboxylic acids is 1. The summed E-state index contributed by atoms with van der Waals surface area (Å²) < 4.78 is 12.1. The lowest BCUT2D eigenvalue weighted by Crippen LogP contribution is -2.29. The monoisotopic (exact) mass is 296 g/mol. The Morgan fingerprint density at radius 2 is 2.14 bits per heavy atom. The lowest BCUT2D eigenvalue weighted by molar-refractivity contribution is 0.0591. The van der Waals surface area contributed by atoms with Crippen molar-refractivity contribution < 1.29 is 14.3 Å². The van der Waals surface area contributed by atoms with Gasteiger partial charge < -0.3 is 14.8 Å². The van der Waals surface area contributed by atoms with Crippen molar-refractivity contribution >= 4 is 5.97 Å². The van der Waals surface area contributed by atoms with Crippen molar-refractivity contribution in [1.29, 1.82) is 0 Å². The number of ether oxygens (including phenoxy) is 2. The third kappa shape index (κ3) is 4.01. The predicted octanol–water partition coefficient (Wildman–Crippen LogP) is 0.958. The molecule has 0 saturated carbocycles. The van der Waals surface area contributed by atoms with Gasteiger partial charge in [-0.1, -0.05) is 12.1 Å². The molecule has 118 valence electrons. The summed E-state index contributed by atoms with van der Waals surface area (Å²) in [7, 11) is 1.37. The second kappa shape index (κ2) is 8.09. The third-order valence-electron chi connectivity index (χ3n) is 3.67. The minimum atomic E-state index is -0.413. The summed E-state index contributed by atoms with van der Waals surface area (Å²) in [6, 6.07) is 0. The molecule has 0 radical (unpaired) electrons. The highest BCUT2D eigenvalue weighted by atomic mass is 16.5. The van der Waals surface area contributed by atoms with E-state index in [1.807, 2.05) is 0 Å². The van der Waals surface area contributed by atoms with Crippen molar-refractivity contribution in [2.75, 3.05) is 33.4 Å². The summed E-state index contributed by atoms with van der Waals surface area (Å²) in [6.07, 6.45) is 2.95. The van der Waals surface area contributed by atoms with Crippen LogP contribution in [0.4, 0.5) is 0 Å². The van der Waals surface area contributed by atoms with Crippen LogP contribution in [0.25, 0.3) is 0 Å². The van der Waals surface area contributed by atoms with Crippen LogP contribution >= 0.6 is 0 Å². The Morgan fingerprint density at radius 3 is 2.81 bits per heavy atom. The first kappa shape index (κ1) is 15.9. The lowest BCUT2D eigenvalue weighted by atomic mass is 9.93. The maximum Gasteiger partial charge on any atom is 0.360 e. The first-order chi connectivity index (χ1) is 10.3. The first-order valence-corrected chi connectivity index (χ1v) is 7.58. The van der Waals surface area contributed by atoms with Crippen LogP contribution in [0.5, 0.6) is 0 Å². The number of nitrogens with zero attached hydrogens (tertiary/aromatic N) is 3. The van der Waals surface area contributed by atoms with Crippen LogP contribution in [0.1, 0.15) is 48.3 Å². The van der Waals surface area contributed by atoms with Crippen LogP contribution in [0.3, 0.4) is 0 Å². The van der Waals surface area contributed by atoms with Crippen molar-refractivity contribution in [3.8, 4) is 0 Å². The van der Waals surface area contributed by atoms with Crippen LogP contribution in [0.2, 0.25) is 0 Å². The molecule has 0 aliphatic carbocycles. The fourth-order valence-electron chi connectivity index (χ4n) is 2.62. The predicted molar refractivity (Wildman–Crippen MR) is 77.3 cm³/mol. The maximum atomic E-state index is 11.9. The number of aromatic nitrogens is 3. The number of carbonyl (C=O) groups is 1. The van der Waals surface area contributed by atoms with Crippen molar-refractivity contribution in [1.82, 2.24) is 20.3 Å². The average Bonchev–Trinajstić information content (AvgIpc) is 2.95. The van der Waals surface area contributed by atoms with Gasteiger partial charge in [-0.15, -0.1) is 5.10 Å². The molecule has 1 aromatic heterocycles. The van der Waals surface area contributed by atoms with Crippen molar-refractivity contribution in [3.63, 3.8) is 0 Å². The van der Waals surface area contributed by atoms with E-state index >= 15 is 0 Å². The smallest absolute Gasteiger partial charge is 0.360 e. The molecule has 0 aromatic carbocycles.